The molecule has 4 aromatic carbocycles. The molecular formula is C48H46F8N8O7. The molecule has 1 unspecified atom stereocenters. The molecule has 4 heterocycles. The summed E-state index contributed by atoms with van der Waals surface area (Å²) in [6.45, 7) is 1.48. The Bertz CT molecular complexity index is 2820. The number of hydrogen-bond acceptors (Lipinski definition) is 9. The molecule has 6 N–H and O–H groups in total. The molecule has 71 heavy (non-hydrogen) atoms. The van der Waals surface area contributed by atoms with Crippen molar-refractivity contribution in [2.45, 2.75) is 64.5 Å². The van der Waals surface area contributed by atoms with Crippen molar-refractivity contribution in [3.05, 3.63) is 132 Å². The topological polar surface area (TPSA) is 205 Å². The summed E-state index contributed by atoms with van der Waals surface area (Å²) in [4.78, 5) is 44.5. The number of ether oxygens (including phenoxy) is 2. The van der Waals surface area contributed by atoms with E-state index in [1.807, 2.05) is 30.3 Å². The molecule has 4 atom stereocenters. The monoisotopic (exact) mass is 998 g/mol. The molecule has 15 nitrogen and oxygen atoms in total. The van der Waals surface area contributed by atoms with Gasteiger partial charge in [-0.25, -0.2) is 18.1 Å². The SMILES string of the molecule is C[C@@H](OCc1cc(F)cc(-c2cc(N)nn2-c2ccccc2)c1)C(F)(F)F.C[C@@H](OCc1cc(F)cc(-c2cc(NC(=O)C3CNC(=O)C3)nn2-c2ccccc2)c1)C(F)(F)F.O=C1C[C@H](C(=O)O)CN1. The Hall–Kier alpha value is -7.66. The van der Waals surface area contributed by atoms with Crippen LogP contribution >= 0.6 is 0 Å². The van der Waals surface area contributed by atoms with Gasteiger partial charge in [-0.1, -0.05) is 36.4 Å². The number of anilines is 2. The molecule has 376 valence electrons. The molecule has 0 aliphatic carbocycles. The van der Waals surface area contributed by atoms with Crippen LogP contribution in [0.3, 0.4) is 0 Å². The molecule has 2 aliphatic rings. The third-order valence-corrected chi connectivity index (χ3v) is 10.8. The summed E-state index contributed by atoms with van der Waals surface area (Å²) in [5, 5.41) is 24.7. The van der Waals surface area contributed by atoms with Crippen molar-refractivity contribution in [3.8, 4) is 33.9 Å². The standard InChI is InChI=1S/C24H22F4N4O3.C19H17F4N3O.C5H7NO3/c1-14(24(26,27)28)35-13-15-7-16(9-18(25)8-15)20-11-21(30-23(34)17-10-22(33)29-12-17)31-32(20)19-5-3-2-4-6-19;1-12(19(21,22)23)27-11-13-7-14(9-15(20)8-13)17-10-18(24)25-26(17)16-5-3-2-4-6-16;7-4-1-3(2-6-4)5(8)9/h2-9,11,14,17H,10,12-13H2,1H3,(H,29,33)(H,30,31,34);2-10,12H,11H2,1H3,(H2,24,25);3H,1-2H2,(H,6,7)(H,8,9)/t14-,17?;12-;3-/m110/s1. The highest BCUT2D eigenvalue weighted by atomic mass is 19.4. The first kappa shape index (κ1) is 52.7. The summed E-state index contributed by atoms with van der Waals surface area (Å²) in [6, 6.07) is 28.9. The summed E-state index contributed by atoms with van der Waals surface area (Å²) in [5.74, 6) is -3.54. The molecule has 0 spiro atoms. The van der Waals surface area contributed by atoms with Crippen LogP contribution in [0, 0.1) is 23.5 Å². The summed E-state index contributed by atoms with van der Waals surface area (Å²) in [6.07, 6.45) is -12.8. The molecule has 0 radical (unpaired) electrons. The Morgan fingerprint density at radius 3 is 1.54 bits per heavy atom. The van der Waals surface area contributed by atoms with E-state index in [4.69, 9.17) is 20.3 Å². The fourth-order valence-electron chi connectivity index (χ4n) is 6.98. The van der Waals surface area contributed by atoms with E-state index >= 15 is 0 Å². The number of benzene rings is 4. The zero-order valence-electron chi connectivity index (χ0n) is 37.7. The van der Waals surface area contributed by atoms with Gasteiger partial charge in [-0.2, -0.15) is 31.4 Å². The quantitative estimate of drug-likeness (QED) is 0.0703. The third-order valence-electron chi connectivity index (χ3n) is 10.8. The molecule has 2 aromatic heterocycles. The smallest absolute Gasteiger partial charge is 0.414 e. The number of hydrogen-bond donors (Lipinski definition) is 5. The molecular weight excluding hydrogens is 953 g/mol. The molecule has 8 rings (SSSR count). The van der Waals surface area contributed by atoms with E-state index in [9.17, 15) is 54.3 Å². The van der Waals surface area contributed by atoms with Gasteiger partial charge in [0.15, 0.2) is 18.0 Å². The molecule has 2 saturated heterocycles. The van der Waals surface area contributed by atoms with Crippen molar-refractivity contribution >= 4 is 35.3 Å². The molecule has 6 aromatic rings. The second-order valence-corrected chi connectivity index (χ2v) is 16.3. The van der Waals surface area contributed by atoms with Gasteiger partial charge in [0.25, 0.3) is 0 Å². The molecule has 23 heteroatoms. The predicted octanol–water partition coefficient (Wildman–Crippen LogP) is 8.16. The van der Waals surface area contributed by atoms with Crippen molar-refractivity contribution < 1.29 is 68.9 Å². The van der Waals surface area contributed by atoms with E-state index < -0.39 is 60.6 Å². The Labute approximate surface area is 399 Å². The second kappa shape index (κ2) is 22.8. The lowest BCUT2D eigenvalue weighted by atomic mass is 10.1. The maximum absolute atomic E-state index is 14.4. The number of carbonyl (C=O) groups is 4. The molecule has 3 amide bonds. The summed E-state index contributed by atoms with van der Waals surface area (Å²) >= 11 is 0. The maximum atomic E-state index is 14.4. The van der Waals surface area contributed by atoms with Crippen LogP contribution in [-0.4, -0.2) is 86.0 Å². The van der Waals surface area contributed by atoms with Crippen LogP contribution in [0.15, 0.2) is 109 Å². The first-order chi connectivity index (χ1) is 33.5. The fraction of sp³-hybridized carbons (Fsp3) is 0.292. The van der Waals surface area contributed by atoms with Gasteiger partial charge in [0.1, 0.15) is 17.5 Å². The van der Waals surface area contributed by atoms with Crippen LogP contribution in [0.1, 0.15) is 37.8 Å². The van der Waals surface area contributed by atoms with Crippen LogP contribution in [-0.2, 0) is 41.9 Å². The van der Waals surface area contributed by atoms with E-state index in [0.29, 0.717) is 28.2 Å². The average Bonchev–Trinajstić information content (AvgIpc) is 4.15. The van der Waals surface area contributed by atoms with Crippen molar-refractivity contribution in [3.63, 3.8) is 0 Å². The normalized spacial score (nSPS) is 16.4. The molecule has 0 bridgehead atoms. The highest BCUT2D eigenvalue weighted by Gasteiger charge is 2.38. The molecule has 2 fully saturated rings. The number of halogens is 8. The minimum atomic E-state index is -4.53. The largest absolute Gasteiger partial charge is 0.481 e. The van der Waals surface area contributed by atoms with Crippen molar-refractivity contribution in [1.29, 1.82) is 0 Å². The van der Waals surface area contributed by atoms with Gasteiger partial charge in [0, 0.05) is 49.2 Å². The first-order valence-corrected chi connectivity index (χ1v) is 21.6. The third kappa shape index (κ3) is 14.7. The summed E-state index contributed by atoms with van der Waals surface area (Å²) < 4.78 is 117. The predicted molar refractivity (Wildman–Crippen MR) is 241 cm³/mol. The van der Waals surface area contributed by atoms with Crippen LogP contribution in [0.4, 0.5) is 46.8 Å². The molecule has 0 saturated carbocycles. The van der Waals surface area contributed by atoms with E-state index in [0.717, 1.165) is 31.7 Å². The summed E-state index contributed by atoms with van der Waals surface area (Å²) in [7, 11) is 0. The van der Waals surface area contributed by atoms with Crippen molar-refractivity contribution in [2.75, 3.05) is 24.1 Å². The lowest BCUT2D eigenvalue weighted by molar-refractivity contribution is -0.217. The van der Waals surface area contributed by atoms with E-state index in [-0.39, 0.29) is 73.0 Å². The maximum Gasteiger partial charge on any atom is 0.414 e. The van der Waals surface area contributed by atoms with Gasteiger partial charge in [-0.3, -0.25) is 19.2 Å². The van der Waals surface area contributed by atoms with Gasteiger partial charge < -0.3 is 36.3 Å². The highest BCUT2D eigenvalue weighted by molar-refractivity contribution is 5.97. The number of nitrogen functional groups attached to an aromatic ring is 1. The number of carbonyl (C=O) groups excluding carboxylic acids is 3. The number of nitrogens with zero attached hydrogens (tertiary/aromatic N) is 4. The van der Waals surface area contributed by atoms with Crippen molar-refractivity contribution in [2.24, 2.45) is 11.8 Å². The minimum absolute atomic E-state index is 0.0711. The Balaban J connectivity index is 0.000000202. The van der Waals surface area contributed by atoms with Crippen LogP contribution < -0.4 is 21.7 Å². The Kier molecular flexibility index (Phi) is 17.0. The van der Waals surface area contributed by atoms with Crippen LogP contribution in [0.5, 0.6) is 0 Å². The van der Waals surface area contributed by atoms with Gasteiger partial charge in [-0.15, -0.1) is 5.10 Å². The highest BCUT2D eigenvalue weighted by Crippen LogP contribution is 2.31. The van der Waals surface area contributed by atoms with E-state index in [1.54, 1.807) is 47.1 Å². The zero-order chi connectivity index (χ0) is 51.6. The first-order valence-electron chi connectivity index (χ1n) is 21.6. The van der Waals surface area contributed by atoms with Crippen LogP contribution in [0.25, 0.3) is 33.9 Å². The van der Waals surface area contributed by atoms with E-state index in [2.05, 4.69) is 26.1 Å². The fourth-order valence-corrected chi connectivity index (χ4v) is 6.98. The number of carboxylic acid groups (broad SMARTS) is 1. The number of alkyl halides is 6. The van der Waals surface area contributed by atoms with Crippen LogP contribution in [0.2, 0.25) is 0 Å². The minimum Gasteiger partial charge on any atom is -0.481 e. The number of para-hydroxylation sites is 2. The van der Waals surface area contributed by atoms with Gasteiger partial charge in [0.05, 0.1) is 47.8 Å². The van der Waals surface area contributed by atoms with Gasteiger partial charge >= 0.3 is 18.3 Å². The summed E-state index contributed by atoms with van der Waals surface area (Å²) in [5.41, 5.74) is 9.30. The number of amides is 3. The van der Waals surface area contributed by atoms with Crippen molar-refractivity contribution in [1.82, 2.24) is 30.2 Å². The Morgan fingerprint density at radius 2 is 1.13 bits per heavy atom. The van der Waals surface area contributed by atoms with E-state index in [1.165, 1.54) is 28.9 Å². The zero-order valence-corrected chi connectivity index (χ0v) is 37.7. The second-order valence-electron chi connectivity index (χ2n) is 16.3. The number of aromatic nitrogens is 4. The lowest BCUT2D eigenvalue weighted by Crippen LogP contribution is -2.28. The number of nitrogens with two attached hydrogens (primary N) is 1. The van der Waals surface area contributed by atoms with Gasteiger partial charge in [0.2, 0.25) is 17.7 Å². The Morgan fingerprint density at radius 1 is 0.690 bits per heavy atom. The number of rotatable bonds is 13. The number of aliphatic carboxylic acids is 1. The molecule has 2 aliphatic heterocycles. The number of nitrogens with one attached hydrogen (secondary N) is 3. The number of carboxylic acids is 1. The lowest BCUT2D eigenvalue weighted by Gasteiger charge is -2.16. The average molecular weight is 999 g/mol. The van der Waals surface area contributed by atoms with Gasteiger partial charge in [-0.05, 0) is 85.6 Å².